The molecule has 0 aliphatic heterocycles. The van der Waals surface area contributed by atoms with Crippen LogP contribution in [0.4, 0.5) is 0 Å². The number of ether oxygens (including phenoxy) is 1. The van der Waals surface area contributed by atoms with Gasteiger partial charge in [0.25, 0.3) is 5.91 Å². The van der Waals surface area contributed by atoms with Gasteiger partial charge in [-0.3, -0.25) is 9.20 Å². The zero-order valence-corrected chi connectivity index (χ0v) is 12.8. The number of aryl methyl sites for hydroxylation is 1. The molecule has 0 fully saturated rings. The zero-order valence-electron chi connectivity index (χ0n) is 12.8. The molecular weight excluding hydrogens is 286 g/mol. The fraction of sp³-hybridized carbons (Fsp3) is 0.400. The number of rotatable bonds is 6. The Morgan fingerprint density at radius 1 is 1.45 bits per heavy atom. The summed E-state index contributed by atoms with van der Waals surface area (Å²) < 4.78 is 7.11. The number of carboxylic acid groups (broad SMARTS) is 1. The molecule has 0 aliphatic carbocycles. The second-order valence-electron chi connectivity index (χ2n) is 4.82. The maximum Gasteiger partial charge on any atom is 0.326 e. The van der Waals surface area contributed by atoms with Crippen LogP contribution in [0.1, 0.15) is 36.5 Å². The van der Waals surface area contributed by atoms with E-state index < -0.39 is 17.9 Å². The first-order chi connectivity index (χ1) is 10.5. The molecule has 7 nitrogen and oxygen atoms in total. The third-order valence-corrected chi connectivity index (χ3v) is 3.32. The molecule has 118 valence electrons. The van der Waals surface area contributed by atoms with Crippen molar-refractivity contribution in [2.24, 2.45) is 0 Å². The van der Waals surface area contributed by atoms with E-state index in [2.05, 4.69) is 10.3 Å². The molecule has 0 saturated carbocycles. The minimum absolute atomic E-state index is 0.307. The molecule has 1 atom stereocenters. The highest BCUT2D eigenvalue weighted by Crippen LogP contribution is 2.22. The number of hydrogen-bond acceptors (Lipinski definition) is 4. The molecule has 0 bridgehead atoms. The number of amides is 1. The third kappa shape index (κ3) is 2.88. The Morgan fingerprint density at radius 2 is 2.18 bits per heavy atom. The van der Waals surface area contributed by atoms with Gasteiger partial charge in [0.1, 0.15) is 11.7 Å². The number of carboxylic acids is 1. The number of pyridine rings is 1. The van der Waals surface area contributed by atoms with Gasteiger partial charge < -0.3 is 15.2 Å². The number of nitrogens with one attached hydrogen (secondary N) is 1. The average Bonchev–Trinajstić information content (AvgIpc) is 2.81. The van der Waals surface area contributed by atoms with E-state index in [0.717, 1.165) is 0 Å². The Labute approximate surface area is 127 Å². The summed E-state index contributed by atoms with van der Waals surface area (Å²) in [6.45, 7) is 5.77. The van der Waals surface area contributed by atoms with Gasteiger partial charge in [0.05, 0.1) is 12.3 Å². The van der Waals surface area contributed by atoms with Crippen LogP contribution in [0.15, 0.2) is 18.3 Å². The van der Waals surface area contributed by atoms with E-state index in [1.165, 1.54) is 0 Å². The van der Waals surface area contributed by atoms with Crippen LogP contribution in [-0.4, -0.2) is 39.0 Å². The van der Waals surface area contributed by atoms with E-state index in [9.17, 15) is 9.59 Å². The SMILES string of the molecule is CCOc1cccn2c(C(=O)NC(CC)C(=O)O)c(C)nc12. The van der Waals surface area contributed by atoms with Gasteiger partial charge in [0.2, 0.25) is 0 Å². The molecular formula is C15H19N3O4. The molecule has 2 rings (SSSR count). The van der Waals surface area contributed by atoms with E-state index in [0.29, 0.717) is 35.8 Å². The fourth-order valence-electron chi connectivity index (χ4n) is 2.26. The van der Waals surface area contributed by atoms with Gasteiger partial charge in [-0.1, -0.05) is 6.92 Å². The van der Waals surface area contributed by atoms with E-state index >= 15 is 0 Å². The van der Waals surface area contributed by atoms with Crippen LogP contribution in [-0.2, 0) is 4.79 Å². The number of aromatic nitrogens is 2. The second kappa shape index (κ2) is 6.46. The summed E-state index contributed by atoms with van der Waals surface area (Å²) in [6.07, 6.45) is 2.01. The lowest BCUT2D eigenvalue weighted by Gasteiger charge is -2.12. The lowest BCUT2D eigenvalue weighted by atomic mass is 10.2. The summed E-state index contributed by atoms with van der Waals surface area (Å²) >= 11 is 0. The number of imidazole rings is 1. The van der Waals surface area contributed by atoms with Crippen LogP contribution in [0, 0.1) is 6.92 Å². The maximum absolute atomic E-state index is 12.4. The van der Waals surface area contributed by atoms with Crippen molar-refractivity contribution >= 4 is 17.5 Å². The van der Waals surface area contributed by atoms with Gasteiger partial charge in [-0.2, -0.15) is 0 Å². The maximum atomic E-state index is 12.4. The summed E-state index contributed by atoms with van der Waals surface area (Å²) in [6, 6.07) is 2.61. The van der Waals surface area contributed by atoms with Gasteiger partial charge in [0, 0.05) is 6.20 Å². The predicted molar refractivity (Wildman–Crippen MR) is 80.3 cm³/mol. The van der Waals surface area contributed by atoms with Crippen LogP contribution in [0.3, 0.4) is 0 Å². The number of carbonyl (C=O) groups excluding carboxylic acids is 1. The molecule has 0 spiro atoms. The molecule has 22 heavy (non-hydrogen) atoms. The smallest absolute Gasteiger partial charge is 0.326 e. The van der Waals surface area contributed by atoms with Crippen molar-refractivity contribution in [2.75, 3.05) is 6.61 Å². The van der Waals surface area contributed by atoms with Crippen molar-refractivity contribution in [1.82, 2.24) is 14.7 Å². The standard InChI is InChI=1S/C15H19N3O4/c1-4-10(15(20)21)17-14(19)12-9(3)16-13-11(22-5-2)7-6-8-18(12)13/h6-8,10H,4-5H2,1-3H3,(H,17,19)(H,20,21). The molecule has 2 N–H and O–H groups in total. The molecule has 1 amide bonds. The Bertz CT molecular complexity index is 708. The minimum Gasteiger partial charge on any atom is -0.490 e. The Balaban J connectivity index is 2.43. The normalized spacial score (nSPS) is 12.1. The van der Waals surface area contributed by atoms with Crippen molar-refractivity contribution in [3.05, 3.63) is 29.7 Å². The number of nitrogens with zero attached hydrogens (tertiary/aromatic N) is 2. The van der Waals surface area contributed by atoms with E-state index in [4.69, 9.17) is 9.84 Å². The molecule has 7 heteroatoms. The van der Waals surface area contributed by atoms with Crippen LogP contribution >= 0.6 is 0 Å². The lowest BCUT2D eigenvalue weighted by Crippen LogP contribution is -2.40. The summed E-state index contributed by atoms with van der Waals surface area (Å²) in [7, 11) is 0. The van der Waals surface area contributed by atoms with Crippen LogP contribution in [0.25, 0.3) is 5.65 Å². The first-order valence-electron chi connectivity index (χ1n) is 7.13. The zero-order chi connectivity index (χ0) is 16.3. The monoisotopic (exact) mass is 305 g/mol. The summed E-state index contributed by atoms with van der Waals surface area (Å²) in [4.78, 5) is 27.8. The molecule has 0 saturated heterocycles. The molecule has 1 unspecified atom stereocenters. The minimum atomic E-state index is -1.06. The van der Waals surface area contributed by atoms with Gasteiger partial charge in [-0.15, -0.1) is 0 Å². The average molecular weight is 305 g/mol. The van der Waals surface area contributed by atoms with Crippen molar-refractivity contribution in [1.29, 1.82) is 0 Å². The quantitative estimate of drug-likeness (QED) is 0.846. The summed E-state index contributed by atoms with van der Waals surface area (Å²) in [5, 5.41) is 11.6. The molecule has 2 aromatic rings. The molecule has 2 heterocycles. The van der Waals surface area contributed by atoms with Gasteiger partial charge >= 0.3 is 5.97 Å². The number of fused-ring (bicyclic) bond motifs is 1. The predicted octanol–water partition coefficient (Wildman–Crippen LogP) is 1.63. The topological polar surface area (TPSA) is 92.9 Å². The second-order valence-corrected chi connectivity index (χ2v) is 4.82. The third-order valence-electron chi connectivity index (χ3n) is 3.32. The van der Waals surface area contributed by atoms with Crippen LogP contribution < -0.4 is 10.1 Å². The van der Waals surface area contributed by atoms with Gasteiger partial charge in [0.15, 0.2) is 11.4 Å². The Kier molecular flexibility index (Phi) is 4.65. The van der Waals surface area contributed by atoms with Crippen molar-refractivity contribution in [3.63, 3.8) is 0 Å². The first kappa shape index (κ1) is 15.8. The number of aliphatic carboxylic acids is 1. The van der Waals surface area contributed by atoms with Crippen molar-refractivity contribution < 1.29 is 19.4 Å². The Hall–Kier alpha value is -2.57. The van der Waals surface area contributed by atoms with Crippen molar-refractivity contribution in [3.8, 4) is 5.75 Å². The summed E-state index contributed by atoms with van der Waals surface area (Å²) in [5.74, 6) is -0.942. The molecule has 0 aliphatic rings. The van der Waals surface area contributed by atoms with Crippen LogP contribution in [0.5, 0.6) is 5.75 Å². The number of carbonyl (C=O) groups is 2. The van der Waals surface area contributed by atoms with Gasteiger partial charge in [-0.05, 0) is 32.4 Å². The lowest BCUT2D eigenvalue weighted by molar-refractivity contribution is -0.139. The molecule has 0 aromatic carbocycles. The Morgan fingerprint density at radius 3 is 2.77 bits per heavy atom. The highest BCUT2D eigenvalue weighted by molar-refractivity contribution is 5.97. The first-order valence-corrected chi connectivity index (χ1v) is 7.13. The van der Waals surface area contributed by atoms with Crippen LogP contribution in [0.2, 0.25) is 0 Å². The molecule has 2 aromatic heterocycles. The van der Waals surface area contributed by atoms with Gasteiger partial charge in [-0.25, -0.2) is 9.78 Å². The highest BCUT2D eigenvalue weighted by Gasteiger charge is 2.23. The largest absolute Gasteiger partial charge is 0.490 e. The van der Waals surface area contributed by atoms with Crippen molar-refractivity contribution in [2.45, 2.75) is 33.2 Å². The highest BCUT2D eigenvalue weighted by atomic mass is 16.5. The number of hydrogen-bond donors (Lipinski definition) is 2. The fourth-order valence-corrected chi connectivity index (χ4v) is 2.26. The molecule has 0 radical (unpaired) electrons. The van der Waals surface area contributed by atoms with E-state index in [1.54, 1.807) is 36.6 Å². The van der Waals surface area contributed by atoms with E-state index in [1.807, 2.05) is 6.92 Å². The van der Waals surface area contributed by atoms with E-state index in [-0.39, 0.29) is 0 Å². The summed E-state index contributed by atoms with van der Waals surface area (Å²) in [5.41, 5.74) is 1.37.